The van der Waals surface area contributed by atoms with Crippen LogP contribution in [0.2, 0.25) is 0 Å². The molecule has 0 unspecified atom stereocenters. The van der Waals surface area contributed by atoms with Crippen LogP contribution in [0.15, 0.2) is 237 Å². The van der Waals surface area contributed by atoms with Crippen LogP contribution < -0.4 is 19.5 Å². The van der Waals surface area contributed by atoms with Crippen LogP contribution in [0.1, 0.15) is 216 Å². The zero-order valence-corrected chi connectivity index (χ0v) is 74.2. The number of carboxylic acid groups (broad SMARTS) is 2. The predicted octanol–water partition coefficient (Wildman–Crippen LogP) is 21.6. The molecule has 9 aromatic carbocycles. The number of unbranched alkanes of at least 4 members (excludes halogenated alkanes) is 12. The molecule has 9 aromatic rings. The van der Waals surface area contributed by atoms with Gasteiger partial charge in [0.2, 0.25) is 0 Å². The van der Waals surface area contributed by atoms with E-state index in [1.807, 2.05) is 78.9 Å². The highest BCUT2D eigenvalue weighted by Crippen LogP contribution is 2.25. The van der Waals surface area contributed by atoms with Crippen LogP contribution >= 0.6 is 15.9 Å². The maximum Gasteiger partial charge on any atom is 0.337 e. The van der Waals surface area contributed by atoms with Crippen molar-refractivity contribution in [2.75, 3.05) is 86.3 Å². The van der Waals surface area contributed by atoms with Gasteiger partial charge in [-0.25, -0.2) is 14.4 Å². The Kier molecular flexibility index (Phi) is 52.2. The first-order valence-corrected chi connectivity index (χ1v) is 44.8. The third-order valence-electron chi connectivity index (χ3n) is 20.8. The molecule has 3 N–H and O–H groups in total. The lowest BCUT2D eigenvalue weighted by Gasteiger charge is -2.23. The number of aliphatic carboxylic acids is 1. The van der Waals surface area contributed by atoms with Crippen LogP contribution in [0.3, 0.4) is 0 Å². The van der Waals surface area contributed by atoms with Crippen molar-refractivity contribution in [2.24, 2.45) is 0 Å². The second-order valence-corrected chi connectivity index (χ2v) is 31.1. The molecule has 0 aliphatic carbocycles. The third kappa shape index (κ3) is 44.4. The first-order valence-electron chi connectivity index (χ1n) is 43.6. The summed E-state index contributed by atoms with van der Waals surface area (Å²) in [5.74, 6) is 0.324. The molecule has 0 aliphatic heterocycles. The van der Waals surface area contributed by atoms with E-state index in [1.165, 1.54) is 81.1 Å². The normalized spacial score (nSPS) is 10.7. The zero-order valence-electron chi connectivity index (χ0n) is 72.6. The van der Waals surface area contributed by atoms with E-state index in [9.17, 15) is 33.9 Å². The van der Waals surface area contributed by atoms with Crippen molar-refractivity contribution in [3.63, 3.8) is 0 Å². The molecule has 656 valence electrons. The number of hydrogen-bond donors (Lipinski definition) is 3. The summed E-state index contributed by atoms with van der Waals surface area (Å²) in [6, 6.07) is 78.9. The van der Waals surface area contributed by atoms with Crippen LogP contribution in [0, 0.1) is 0 Å². The van der Waals surface area contributed by atoms with E-state index in [-0.39, 0.29) is 35.9 Å². The Hall–Kier alpha value is -10.4. The molecule has 18 nitrogen and oxygen atoms in total. The van der Waals surface area contributed by atoms with Gasteiger partial charge in [-0.05, 0) is 259 Å². The van der Waals surface area contributed by atoms with Crippen LogP contribution in [0.5, 0.6) is 17.2 Å². The summed E-state index contributed by atoms with van der Waals surface area (Å²) in [6.45, 7) is 8.77. The van der Waals surface area contributed by atoms with Crippen molar-refractivity contribution < 1.29 is 72.1 Å². The number of alkyl halides is 1. The van der Waals surface area contributed by atoms with Gasteiger partial charge in [-0.1, -0.05) is 217 Å². The minimum atomic E-state index is -0.926. The summed E-state index contributed by atoms with van der Waals surface area (Å²) >= 11 is 3.32. The molecule has 0 atom stereocenters. The molecule has 0 spiro atoms. The molecule has 0 aliphatic rings. The highest BCUT2D eigenvalue weighted by Gasteiger charge is 2.16. The van der Waals surface area contributed by atoms with Crippen LogP contribution in [0.4, 0.5) is 0 Å². The Balaban J connectivity index is 0.000000269. The zero-order chi connectivity index (χ0) is 87.1. The lowest BCUT2D eigenvalue weighted by molar-refractivity contribution is -0.141. The molecule has 19 heteroatoms. The lowest BCUT2D eigenvalue weighted by Crippen LogP contribution is -2.27. The van der Waals surface area contributed by atoms with E-state index < -0.39 is 11.9 Å². The smallest absolute Gasteiger partial charge is 0.337 e. The SMILES string of the molecule is COC(=O)CCCCCBr.COC(=O)CCCCCN(CCc1ccccc1OCCCCCc1ccccc1)Cc1ccc(C(=O)OC)cc1.COC(=O)c1ccc(CNCCc2ccccc2OCCCCCc2ccccc2)cc1.O=C(O)CCCCCN(CCc1ccccc1OCCCCCc1ccccc1)Cc1ccc(C(=O)O)cc1. The van der Waals surface area contributed by atoms with Gasteiger partial charge in [-0.15, -0.1) is 0 Å². The topological polar surface area (TPSA) is 226 Å². The minimum absolute atomic E-state index is 0.102. The Morgan fingerprint density at radius 1 is 0.311 bits per heavy atom. The largest absolute Gasteiger partial charge is 0.493 e. The highest BCUT2D eigenvalue weighted by molar-refractivity contribution is 9.09. The maximum atomic E-state index is 11.8. The van der Waals surface area contributed by atoms with Gasteiger partial charge < -0.3 is 48.7 Å². The van der Waals surface area contributed by atoms with E-state index in [2.05, 4.69) is 169 Å². The molecule has 0 radical (unpaired) electrons. The van der Waals surface area contributed by atoms with Gasteiger partial charge in [0.15, 0.2) is 0 Å². The second kappa shape index (κ2) is 63.5. The molecule has 0 heterocycles. The van der Waals surface area contributed by atoms with E-state index in [0.29, 0.717) is 43.5 Å². The van der Waals surface area contributed by atoms with E-state index >= 15 is 0 Å². The number of carbonyl (C=O) groups is 6. The van der Waals surface area contributed by atoms with Crippen molar-refractivity contribution in [1.29, 1.82) is 0 Å². The number of methoxy groups -OCH3 is 4. The minimum Gasteiger partial charge on any atom is -0.493 e. The number of aryl methyl sites for hydroxylation is 3. The quantitative estimate of drug-likeness (QED) is 0.0139. The number of ether oxygens (including phenoxy) is 7. The molecular weight excluding hydrogens is 1600 g/mol. The number of nitrogens with one attached hydrogen (secondary N) is 1. The van der Waals surface area contributed by atoms with Crippen molar-refractivity contribution in [1.82, 2.24) is 15.1 Å². The highest BCUT2D eigenvalue weighted by atomic mass is 79.9. The molecular formula is C103H132BrN3O15. The molecule has 0 fully saturated rings. The van der Waals surface area contributed by atoms with Crippen molar-refractivity contribution in [3.05, 3.63) is 303 Å². The summed E-state index contributed by atoms with van der Waals surface area (Å²) in [5.41, 5.74) is 12.6. The predicted molar refractivity (Wildman–Crippen MR) is 491 cm³/mol. The fourth-order valence-electron chi connectivity index (χ4n) is 13.7. The number of halogens is 1. The molecule has 0 saturated carbocycles. The number of esters is 4. The molecule has 0 bridgehead atoms. The fraction of sp³-hybridized carbons (Fsp3) is 0.417. The molecule has 9 rings (SSSR count). The van der Waals surface area contributed by atoms with Crippen molar-refractivity contribution in [3.8, 4) is 17.2 Å². The number of carbonyl (C=O) groups excluding carboxylic acids is 4. The Morgan fingerprint density at radius 3 is 1.01 bits per heavy atom. The van der Waals surface area contributed by atoms with Gasteiger partial charge in [-0.2, -0.15) is 0 Å². The van der Waals surface area contributed by atoms with Gasteiger partial charge in [0.05, 0.1) is 65.0 Å². The van der Waals surface area contributed by atoms with Crippen LogP contribution in [-0.4, -0.2) is 142 Å². The first-order chi connectivity index (χ1) is 59.7. The van der Waals surface area contributed by atoms with Crippen molar-refractivity contribution >= 4 is 51.7 Å². The third-order valence-corrected chi connectivity index (χ3v) is 21.4. The lowest BCUT2D eigenvalue weighted by atomic mass is 10.1. The molecule has 122 heavy (non-hydrogen) atoms. The van der Waals surface area contributed by atoms with Crippen molar-refractivity contribution in [2.45, 2.75) is 193 Å². The number of hydrogen-bond acceptors (Lipinski definition) is 16. The summed E-state index contributed by atoms with van der Waals surface area (Å²) in [5, 5.41) is 22.6. The standard InChI is InChI=1S/C35H45NO5.C33H41NO5.C28H33NO3.C7H13BrO2/c1-39-34(37)19-9-4-12-25-36(28-30-20-22-32(23-21-30)35(38)40-2)26-24-31-17-10-11-18-33(31)41-27-13-5-8-16-29-14-6-3-7-15-29;35-32(36)17-7-2-10-23-34(26-28-18-20-30(21-19-28)33(37)38)24-22-29-15-8-9-16-31(29)39-25-11-3-6-14-27-12-4-1-5-13-27;1-31-28(30)26-17-15-24(16-18-26)22-29-20-19-25-13-7-8-14-27(25)32-21-9-3-6-12-23-10-4-2-5-11-23;1-10-7(9)5-3-2-4-6-8/h3,6-7,10-11,14-15,17-18,20-23H,4-5,8-9,12-13,16,19,24-28H2,1-2H3;1,4-5,8-9,12-13,15-16,18-21H,2-3,6-7,10-11,14,17,22-26H2,(H,35,36)(H,37,38);2,4-5,7-8,10-11,13-18,29H,3,6,9,12,19-22H2,1H3;2-6H2,1H3. The summed E-state index contributed by atoms with van der Waals surface area (Å²) in [7, 11) is 5.65. The fourth-order valence-corrected chi connectivity index (χ4v) is 14.1. The molecule has 0 amide bonds. The number of benzene rings is 9. The summed E-state index contributed by atoms with van der Waals surface area (Å²) in [4.78, 5) is 72.1. The Labute approximate surface area is 734 Å². The monoisotopic (exact) mass is 1730 g/mol. The molecule has 0 saturated heterocycles. The van der Waals surface area contributed by atoms with E-state index in [1.54, 1.807) is 24.3 Å². The second-order valence-electron chi connectivity index (χ2n) is 30.3. The van der Waals surface area contributed by atoms with E-state index in [0.717, 1.165) is 227 Å². The van der Waals surface area contributed by atoms with E-state index in [4.69, 9.17) is 33.5 Å². The number of rotatable bonds is 56. The Morgan fingerprint density at radius 2 is 0.648 bits per heavy atom. The van der Waals surface area contributed by atoms with Gasteiger partial charge in [0.1, 0.15) is 17.2 Å². The van der Waals surface area contributed by atoms with Crippen LogP contribution in [-0.2, 0) is 91.5 Å². The first kappa shape index (κ1) is 100. The number of carboxylic acids is 2. The van der Waals surface area contributed by atoms with Gasteiger partial charge in [0, 0.05) is 57.3 Å². The average Bonchev–Trinajstić information content (AvgIpc) is 0.878. The summed E-state index contributed by atoms with van der Waals surface area (Å²) < 4.78 is 37.3. The maximum absolute atomic E-state index is 11.8. The average molecular weight is 1730 g/mol. The van der Waals surface area contributed by atoms with Gasteiger partial charge >= 0.3 is 35.8 Å². The van der Waals surface area contributed by atoms with Gasteiger partial charge in [-0.3, -0.25) is 24.2 Å². The summed E-state index contributed by atoms with van der Waals surface area (Å²) in [6.07, 6.45) is 25.7. The Bertz CT molecular complexity index is 4310. The number of nitrogens with zero attached hydrogens (tertiary/aromatic N) is 2. The molecule has 0 aromatic heterocycles. The number of para-hydroxylation sites is 3. The number of aromatic carboxylic acids is 1. The van der Waals surface area contributed by atoms with Crippen LogP contribution in [0.25, 0.3) is 0 Å². The van der Waals surface area contributed by atoms with Gasteiger partial charge in [0.25, 0.3) is 0 Å².